The van der Waals surface area contributed by atoms with E-state index >= 15 is 0 Å². The number of aliphatic imine (C=N–C) groups is 2. The molecule has 8 rings (SSSR count). The first-order chi connectivity index (χ1) is 27.3. The van der Waals surface area contributed by atoms with Gasteiger partial charge in [-0.2, -0.15) is 19.6 Å². The van der Waals surface area contributed by atoms with E-state index in [1.807, 2.05) is 48.5 Å². The number of benzene rings is 4. The second-order valence-electron chi connectivity index (χ2n) is 14.1. The number of phenolic OH excluding ortho intramolecular Hbond substituents is 2. The first-order valence-corrected chi connectivity index (χ1v) is 19.8. The smallest absolute Gasteiger partial charge is 0.223 e. The molecule has 57 heavy (non-hydrogen) atoms. The van der Waals surface area contributed by atoms with Gasteiger partial charge in [-0.3, -0.25) is 9.98 Å². The van der Waals surface area contributed by atoms with Crippen LogP contribution in [-0.2, 0) is 16.8 Å². The average Bonchev–Trinajstić information content (AvgIpc) is 3.73. The molecular formula is C44H44Cl2CoN6O4. The molecule has 4 N–H and O–H groups in total. The van der Waals surface area contributed by atoms with Crippen molar-refractivity contribution in [1.82, 2.24) is 19.6 Å². The molecule has 4 aromatic carbocycles. The normalized spacial score (nSPS) is 15.1. The maximum absolute atomic E-state index is 11.0. The van der Waals surface area contributed by atoms with Crippen LogP contribution >= 0.6 is 23.2 Å². The van der Waals surface area contributed by atoms with Crippen LogP contribution < -0.4 is 0 Å². The van der Waals surface area contributed by atoms with Crippen LogP contribution in [0.1, 0.15) is 98.6 Å². The molecule has 13 heteroatoms. The fraction of sp³-hybridized carbons (Fsp3) is 0.273. The molecule has 2 aliphatic rings. The Hall–Kier alpha value is -5.07. The Kier molecular flexibility index (Phi) is 14.1. The largest absolute Gasteiger partial charge is 0.506 e. The Bertz CT molecular complexity index is 2180. The molecule has 1 radical (unpaired) electrons. The summed E-state index contributed by atoms with van der Waals surface area (Å²) in [6.45, 7) is 0. The number of hydrogen-bond acceptors (Lipinski definition) is 8. The molecule has 0 unspecified atom stereocenters. The number of para-hydroxylation sites is 6. The summed E-state index contributed by atoms with van der Waals surface area (Å²) < 4.78 is 2.97. The van der Waals surface area contributed by atoms with Gasteiger partial charge in [0.05, 0.1) is 43.9 Å². The van der Waals surface area contributed by atoms with Crippen molar-refractivity contribution in [1.29, 1.82) is 0 Å². The summed E-state index contributed by atoms with van der Waals surface area (Å²) in [5, 5.41) is 52.4. The van der Waals surface area contributed by atoms with Crippen LogP contribution in [0.25, 0.3) is 11.4 Å². The van der Waals surface area contributed by atoms with E-state index in [1.54, 1.807) is 61.0 Å². The second-order valence-corrected chi connectivity index (χ2v) is 14.9. The maximum Gasteiger partial charge on any atom is 0.223 e. The number of aromatic hydroxyl groups is 4. The number of phenols is 2. The number of halogens is 2. The van der Waals surface area contributed by atoms with E-state index in [-0.39, 0.29) is 51.9 Å². The molecule has 2 saturated carbocycles. The summed E-state index contributed by atoms with van der Waals surface area (Å²) in [6, 6.07) is 28.3. The summed E-state index contributed by atoms with van der Waals surface area (Å²) in [6.07, 6.45) is 14.4. The molecular weight excluding hydrogens is 806 g/mol. The molecule has 0 amide bonds. The molecule has 2 aliphatic carbocycles. The zero-order chi connectivity index (χ0) is 39.0. The standard InChI is InChI=1S/2C22H22ClN3O2.Co/c2*23-17-10-4-6-12-19(17)26-22(28)16(14-24-18-11-5-7-13-20(18)27)21(25-26)15-8-2-1-3-9-15;/h2*4-7,10-15,27-28H,1-3,8-9H2;. The number of hydrogen-bond donors (Lipinski definition) is 4. The minimum absolute atomic E-state index is 0. The Morgan fingerprint density at radius 1 is 0.509 bits per heavy atom. The van der Waals surface area contributed by atoms with Crippen LogP contribution in [0, 0.1) is 0 Å². The van der Waals surface area contributed by atoms with Crippen molar-refractivity contribution in [3.05, 3.63) is 130 Å². The Balaban J connectivity index is 0.000000189. The number of aromatic nitrogens is 4. The zero-order valence-corrected chi connectivity index (χ0v) is 33.7. The maximum atomic E-state index is 11.0. The van der Waals surface area contributed by atoms with E-state index in [4.69, 9.17) is 33.4 Å². The van der Waals surface area contributed by atoms with Gasteiger partial charge in [0.25, 0.3) is 0 Å². The van der Waals surface area contributed by atoms with Crippen molar-refractivity contribution in [2.75, 3.05) is 0 Å². The monoisotopic (exact) mass is 849 g/mol. The third kappa shape index (κ3) is 9.56. The van der Waals surface area contributed by atoms with Crippen molar-refractivity contribution in [2.45, 2.75) is 76.0 Å². The molecule has 2 aromatic heterocycles. The molecule has 0 aliphatic heterocycles. The quantitative estimate of drug-likeness (QED) is 0.112. The Morgan fingerprint density at radius 2 is 0.860 bits per heavy atom. The van der Waals surface area contributed by atoms with E-state index < -0.39 is 0 Å². The third-order valence-electron chi connectivity index (χ3n) is 10.4. The van der Waals surface area contributed by atoms with Crippen LogP contribution in [0.15, 0.2) is 107 Å². The van der Waals surface area contributed by atoms with Gasteiger partial charge in [0, 0.05) is 41.0 Å². The van der Waals surface area contributed by atoms with Gasteiger partial charge in [-0.1, -0.05) is 110 Å². The molecule has 2 fully saturated rings. The fourth-order valence-electron chi connectivity index (χ4n) is 7.48. The van der Waals surface area contributed by atoms with E-state index in [0.717, 1.165) is 62.8 Å². The summed E-state index contributed by atoms with van der Waals surface area (Å²) >= 11 is 12.7. The van der Waals surface area contributed by atoms with Gasteiger partial charge in [-0.15, -0.1) is 0 Å². The minimum Gasteiger partial charge on any atom is -0.506 e. The van der Waals surface area contributed by atoms with Crippen LogP contribution in [0.4, 0.5) is 11.4 Å². The van der Waals surface area contributed by atoms with Gasteiger partial charge in [-0.05, 0) is 74.2 Å². The van der Waals surface area contributed by atoms with Gasteiger partial charge in [-0.25, -0.2) is 0 Å². The Morgan fingerprint density at radius 3 is 1.23 bits per heavy atom. The topological polar surface area (TPSA) is 141 Å². The number of nitrogens with zero attached hydrogens (tertiary/aromatic N) is 6. The third-order valence-corrected chi connectivity index (χ3v) is 11.1. The fourth-order valence-corrected chi connectivity index (χ4v) is 7.91. The molecule has 6 aromatic rings. The van der Waals surface area contributed by atoms with Crippen LogP contribution in [-0.4, -0.2) is 52.4 Å². The minimum atomic E-state index is 0. The summed E-state index contributed by atoms with van der Waals surface area (Å²) in [7, 11) is 0. The van der Waals surface area contributed by atoms with Crippen LogP contribution in [0.2, 0.25) is 10.0 Å². The number of rotatable bonds is 8. The Labute approximate surface area is 352 Å². The molecule has 2 heterocycles. The first-order valence-electron chi connectivity index (χ1n) is 19.1. The van der Waals surface area contributed by atoms with Gasteiger partial charge in [0.1, 0.15) is 22.9 Å². The average molecular weight is 851 g/mol. The molecule has 0 spiro atoms. The van der Waals surface area contributed by atoms with E-state index in [2.05, 4.69) is 9.98 Å². The van der Waals surface area contributed by atoms with Gasteiger partial charge in [0.2, 0.25) is 11.8 Å². The summed E-state index contributed by atoms with van der Waals surface area (Å²) in [5.74, 6) is 0.746. The predicted octanol–water partition coefficient (Wildman–Crippen LogP) is 11.5. The van der Waals surface area contributed by atoms with Crippen molar-refractivity contribution in [3.8, 4) is 34.6 Å². The van der Waals surface area contributed by atoms with Gasteiger partial charge >= 0.3 is 0 Å². The van der Waals surface area contributed by atoms with Crippen molar-refractivity contribution >= 4 is 47.0 Å². The molecule has 297 valence electrons. The first kappa shape index (κ1) is 41.6. The van der Waals surface area contributed by atoms with E-state index in [0.29, 0.717) is 43.9 Å². The second kappa shape index (κ2) is 19.4. The summed E-state index contributed by atoms with van der Waals surface area (Å²) in [5.41, 5.74) is 4.96. The zero-order valence-electron chi connectivity index (χ0n) is 31.2. The van der Waals surface area contributed by atoms with Gasteiger partial charge in [0.15, 0.2) is 0 Å². The molecule has 0 saturated heterocycles. The van der Waals surface area contributed by atoms with Crippen LogP contribution in [0.3, 0.4) is 0 Å². The molecule has 10 nitrogen and oxygen atoms in total. The van der Waals surface area contributed by atoms with E-state index in [9.17, 15) is 20.4 Å². The molecule has 0 bridgehead atoms. The van der Waals surface area contributed by atoms with Crippen LogP contribution in [0.5, 0.6) is 23.3 Å². The van der Waals surface area contributed by atoms with Crippen molar-refractivity contribution in [2.24, 2.45) is 9.98 Å². The SMILES string of the molecule is Oc1ccccc1N=Cc1c(C2CCCCC2)nn(-c2ccccc2Cl)c1O.Oc1ccccc1N=Cc1c(C2CCCCC2)nn(-c2ccccc2Cl)c1O.[Co]. The van der Waals surface area contributed by atoms with Gasteiger partial charge < -0.3 is 20.4 Å². The summed E-state index contributed by atoms with van der Waals surface area (Å²) in [4.78, 5) is 8.80. The molecule has 0 atom stereocenters. The predicted molar refractivity (Wildman–Crippen MR) is 223 cm³/mol. The van der Waals surface area contributed by atoms with Crippen molar-refractivity contribution in [3.63, 3.8) is 0 Å². The van der Waals surface area contributed by atoms with Crippen molar-refractivity contribution < 1.29 is 37.2 Å². The van der Waals surface area contributed by atoms with E-state index in [1.165, 1.54) is 22.2 Å².